The Morgan fingerprint density at radius 3 is 2.74 bits per heavy atom. The van der Waals surface area contributed by atoms with Gasteiger partial charge in [0.15, 0.2) is 0 Å². The molecule has 0 amide bonds. The van der Waals surface area contributed by atoms with Crippen molar-refractivity contribution in [2.24, 2.45) is 7.05 Å². The minimum atomic E-state index is 0.349. The molecule has 5 heteroatoms. The van der Waals surface area contributed by atoms with Crippen LogP contribution < -0.4 is 4.74 Å². The SMILES string of the molecule is COc1ccc(CN(Cc2cncn2C)CC2CCCO2)cc1. The van der Waals surface area contributed by atoms with Crippen LogP contribution in [0.25, 0.3) is 0 Å². The lowest BCUT2D eigenvalue weighted by molar-refractivity contribution is 0.0671. The highest BCUT2D eigenvalue weighted by Crippen LogP contribution is 2.18. The minimum Gasteiger partial charge on any atom is -0.497 e. The second-order valence-corrected chi connectivity index (χ2v) is 6.15. The van der Waals surface area contributed by atoms with Crippen molar-refractivity contribution in [3.63, 3.8) is 0 Å². The first-order valence-electron chi connectivity index (χ1n) is 8.16. The van der Waals surface area contributed by atoms with E-state index in [4.69, 9.17) is 9.47 Å². The Bertz CT molecular complexity index is 603. The van der Waals surface area contributed by atoms with Crippen molar-refractivity contribution >= 4 is 0 Å². The number of benzene rings is 1. The van der Waals surface area contributed by atoms with E-state index < -0.39 is 0 Å². The Labute approximate surface area is 137 Å². The highest BCUT2D eigenvalue weighted by molar-refractivity contribution is 5.27. The van der Waals surface area contributed by atoms with Crippen LogP contribution in [0.2, 0.25) is 0 Å². The molecule has 2 heterocycles. The lowest BCUT2D eigenvalue weighted by Gasteiger charge is -2.25. The number of hydrogen-bond donors (Lipinski definition) is 0. The Morgan fingerprint density at radius 2 is 2.13 bits per heavy atom. The molecule has 0 N–H and O–H groups in total. The number of methoxy groups -OCH3 is 1. The molecule has 23 heavy (non-hydrogen) atoms. The maximum Gasteiger partial charge on any atom is 0.118 e. The highest BCUT2D eigenvalue weighted by atomic mass is 16.5. The fourth-order valence-corrected chi connectivity index (χ4v) is 3.02. The molecule has 0 radical (unpaired) electrons. The van der Waals surface area contributed by atoms with Gasteiger partial charge in [-0.3, -0.25) is 4.90 Å². The number of rotatable bonds is 7. The van der Waals surface area contributed by atoms with Gasteiger partial charge in [-0.15, -0.1) is 0 Å². The third kappa shape index (κ3) is 4.33. The fraction of sp³-hybridized carbons (Fsp3) is 0.500. The monoisotopic (exact) mass is 315 g/mol. The predicted octanol–water partition coefficient (Wildman–Crippen LogP) is 2.61. The quantitative estimate of drug-likeness (QED) is 0.787. The maximum absolute atomic E-state index is 5.82. The van der Waals surface area contributed by atoms with Crippen molar-refractivity contribution in [2.75, 3.05) is 20.3 Å². The van der Waals surface area contributed by atoms with E-state index in [-0.39, 0.29) is 0 Å². The van der Waals surface area contributed by atoms with Crippen molar-refractivity contribution in [2.45, 2.75) is 32.0 Å². The lowest BCUT2D eigenvalue weighted by atomic mass is 10.1. The average molecular weight is 315 g/mol. The molecule has 1 aromatic carbocycles. The summed E-state index contributed by atoms with van der Waals surface area (Å²) in [7, 11) is 3.74. The van der Waals surface area contributed by atoms with Crippen molar-refractivity contribution in [3.05, 3.63) is 48.0 Å². The summed E-state index contributed by atoms with van der Waals surface area (Å²) in [5, 5.41) is 0. The van der Waals surface area contributed by atoms with E-state index in [1.165, 1.54) is 17.7 Å². The molecule has 1 aromatic heterocycles. The Kier molecular flexibility index (Phi) is 5.31. The molecule has 1 atom stereocenters. The minimum absolute atomic E-state index is 0.349. The number of hydrogen-bond acceptors (Lipinski definition) is 4. The van der Waals surface area contributed by atoms with E-state index in [9.17, 15) is 0 Å². The van der Waals surface area contributed by atoms with Gasteiger partial charge in [-0.2, -0.15) is 0 Å². The summed E-state index contributed by atoms with van der Waals surface area (Å²) >= 11 is 0. The molecule has 0 bridgehead atoms. The average Bonchev–Trinajstić information content (AvgIpc) is 3.21. The maximum atomic E-state index is 5.82. The van der Waals surface area contributed by atoms with Gasteiger partial charge in [0.1, 0.15) is 5.75 Å². The Hall–Kier alpha value is -1.85. The molecule has 1 aliphatic rings. The van der Waals surface area contributed by atoms with Gasteiger partial charge >= 0.3 is 0 Å². The number of aromatic nitrogens is 2. The van der Waals surface area contributed by atoms with Crippen LogP contribution in [0, 0.1) is 0 Å². The largest absolute Gasteiger partial charge is 0.497 e. The first kappa shape index (κ1) is 16.0. The van der Waals surface area contributed by atoms with Crippen LogP contribution in [0.1, 0.15) is 24.1 Å². The van der Waals surface area contributed by atoms with Gasteiger partial charge in [-0.1, -0.05) is 12.1 Å². The summed E-state index contributed by atoms with van der Waals surface area (Å²) in [5.41, 5.74) is 2.50. The summed E-state index contributed by atoms with van der Waals surface area (Å²) in [6.45, 7) is 3.63. The zero-order valence-corrected chi connectivity index (χ0v) is 13.9. The second-order valence-electron chi connectivity index (χ2n) is 6.15. The van der Waals surface area contributed by atoms with Crippen molar-refractivity contribution in [3.8, 4) is 5.75 Å². The summed E-state index contributed by atoms with van der Waals surface area (Å²) in [5.74, 6) is 0.895. The molecule has 0 aliphatic carbocycles. The van der Waals surface area contributed by atoms with Gasteiger partial charge in [-0.25, -0.2) is 4.98 Å². The molecule has 3 rings (SSSR count). The van der Waals surface area contributed by atoms with Gasteiger partial charge in [0.25, 0.3) is 0 Å². The number of nitrogens with zero attached hydrogens (tertiary/aromatic N) is 3. The molecule has 124 valence electrons. The van der Waals surface area contributed by atoms with Gasteiger partial charge in [-0.05, 0) is 30.5 Å². The molecule has 1 fully saturated rings. The van der Waals surface area contributed by atoms with E-state index in [1.807, 2.05) is 31.7 Å². The van der Waals surface area contributed by atoms with E-state index in [2.05, 4.69) is 26.6 Å². The lowest BCUT2D eigenvalue weighted by Crippen LogP contribution is -2.32. The molecule has 5 nitrogen and oxygen atoms in total. The molecule has 2 aromatic rings. The number of imidazole rings is 1. The van der Waals surface area contributed by atoms with Crippen molar-refractivity contribution < 1.29 is 9.47 Å². The molecule has 1 saturated heterocycles. The summed E-state index contributed by atoms with van der Waals surface area (Å²) < 4.78 is 13.1. The predicted molar refractivity (Wildman–Crippen MR) is 89.3 cm³/mol. The summed E-state index contributed by atoms with van der Waals surface area (Å²) in [6, 6.07) is 8.29. The molecule has 0 spiro atoms. The highest BCUT2D eigenvalue weighted by Gasteiger charge is 2.20. The van der Waals surface area contributed by atoms with Gasteiger partial charge in [0.2, 0.25) is 0 Å². The third-order valence-corrected chi connectivity index (χ3v) is 4.35. The van der Waals surface area contributed by atoms with Crippen LogP contribution in [0.4, 0.5) is 0 Å². The van der Waals surface area contributed by atoms with Crippen LogP contribution in [0.15, 0.2) is 36.8 Å². The number of ether oxygens (including phenoxy) is 2. The van der Waals surface area contributed by atoms with E-state index in [1.54, 1.807) is 7.11 Å². The topological polar surface area (TPSA) is 39.5 Å². The zero-order chi connectivity index (χ0) is 16.1. The fourth-order valence-electron chi connectivity index (χ4n) is 3.02. The van der Waals surface area contributed by atoms with Crippen LogP contribution in [0.3, 0.4) is 0 Å². The smallest absolute Gasteiger partial charge is 0.118 e. The third-order valence-electron chi connectivity index (χ3n) is 4.35. The molecule has 1 unspecified atom stereocenters. The molecule has 1 aliphatic heterocycles. The standard InChI is InChI=1S/C18H25N3O2/c1-20-14-19-10-16(20)12-21(13-18-4-3-9-23-18)11-15-5-7-17(22-2)8-6-15/h5-8,10,14,18H,3-4,9,11-13H2,1-2H3. The summed E-state index contributed by atoms with van der Waals surface area (Å²) in [4.78, 5) is 6.66. The van der Waals surface area contributed by atoms with E-state index in [0.29, 0.717) is 6.10 Å². The van der Waals surface area contributed by atoms with Crippen LogP contribution in [0.5, 0.6) is 5.75 Å². The summed E-state index contributed by atoms with van der Waals surface area (Å²) in [6.07, 6.45) is 6.47. The van der Waals surface area contributed by atoms with Crippen LogP contribution >= 0.6 is 0 Å². The first-order valence-corrected chi connectivity index (χ1v) is 8.16. The van der Waals surface area contributed by atoms with Gasteiger partial charge < -0.3 is 14.0 Å². The van der Waals surface area contributed by atoms with Crippen LogP contribution in [-0.4, -0.2) is 40.8 Å². The van der Waals surface area contributed by atoms with E-state index >= 15 is 0 Å². The van der Waals surface area contributed by atoms with E-state index in [0.717, 1.165) is 38.4 Å². The second kappa shape index (κ2) is 7.62. The van der Waals surface area contributed by atoms with Crippen molar-refractivity contribution in [1.29, 1.82) is 0 Å². The molecular formula is C18H25N3O2. The number of aryl methyl sites for hydroxylation is 1. The van der Waals surface area contributed by atoms with Gasteiger partial charge in [0, 0.05) is 39.5 Å². The molecule has 0 saturated carbocycles. The first-order chi connectivity index (χ1) is 11.2. The molecular weight excluding hydrogens is 290 g/mol. The zero-order valence-electron chi connectivity index (χ0n) is 13.9. The van der Waals surface area contributed by atoms with Crippen LogP contribution in [-0.2, 0) is 24.9 Å². The van der Waals surface area contributed by atoms with Gasteiger partial charge in [0.05, 0.1) is 25.2 Å². The Balaban J connectivity index is 1.69. The normalized spacial score (nSPS) is 17.8. The Morgan fingerprint density at radius 1 is 1.30 bits per heavy atom. The van der Waals surface area contributed by atoms with Crippen molar-refractivity contribution in [1.82, 2.24) is 14.5 Å².